The zero-order valence-corrected chi connectivity index (χ0v) is 11.9. The van der Waals surface area contributed by atoms with Crippen molar-refractivity contribution in [1.29, 1.82) is 0 Å². The molecule has 17 heavy (non-hydrogen) atoms. The summed E-state index contributed by atoms with van der Waals surface area (Å²) in [6.45, 7) is 8.37. The van der Waals surface area contributed by atoms with E-state index >= 15 is 0 Å². The van der Waals surface area contributed by atoms with Crippen LogP contribution in [0.25, 0.3) is 0 Å². The van der Waals surface area contributed by atoms with Gasteiger partial charge in [-0.15, -0.1) is 0 Å². The summed E-state index contributed by atoms with van der Waals surface area (Å²) in [6, 6.07) is 6.29. The Morgan fingerprint density at radius 1 is 1.18 bits per heavy atom. The molecule has 0 radical (unpaired) electrons. The van der Waals surface area contributed by atoms with Crippen molar-refractivity contribution in [3.63, 3.8) is 0 Å². The van der Waals surface area contributed by atoms with Crippen LogP contribution in [0.4, 0.5) is 0 Å². The van der Waals surface area contributed by atoms with Gasteiger partial charge in [-0.25, -0.2) is 0 Å². The molecular formula is C15H25NO. The van der Waals surface area contributed by atoms with Crippen LogP contribution in [0, 0.1) is 13.8 Å². The Bertz CT molecular complexity index is 366. The van der Waals surface area contributed by atoms with E-state index in [1.54, 1.807) is 0 Å². The highest BCUT2D eigenvalue weighted by Crippen LogP contribution is 2.33. The summed E-state index contributed by atoms with van der Waals surface area (Å²) in [5.74, 6) is 0. The molecule has 1 rings (SSSR count). The summed E-state index contributed by atoms with van der Waals surface area (Å²) in [4.78, 5) is 2.11. The number of aryl methyl sites for hydroxylation is 2. The van der Waals surface area contributed by atoms with Crippen molar-refractivity contribution in [2.24, 2.45) is 0 Å². The zero-order chi connectivity index (χ0) is 13.2. The summed E-state index contributed by atoms with van der Waals surface area (Å²) in [5.41, 5.74) is 3.20. The van der Waals surface area contributed by atoms with E-state index in [1.807, 2.05) is 14.1 Å². The molecule has 1 N–H and O–H groups in total. The van der Waals surface area contributed by atoms with Gasteiger partial charge in [0.25, 0.3) is 0 Å². The first-order chi connectivity index (χ1) is 7.81. The van der Waals surface area contributed by atoms with Gasteiger partial charge in [0.15, 0.2) is 0 Å². The molecular weight excluding hydrogens is 210 g/mol. The topological polar surface area (TPSA) is 23.5 Å². The summed E-state index contributed by atoms with van der Waals surface area (Å²) in [7, 11) is 4.05. The standard InChI is InChI=1S/C15H25NO/c1-7-15(4,16(5)6)14(17)13-9-11(2)8-12(3)10-13/h8-10,14,17H,7H2,1-6H3. The van der Waals surface area contributed by atoms with Crippen LogP contribution in [0.15, 0.2) is 18.2 Å². The SMILES string of the molecule is CCC(C)(C(O)c1cc(C)cc(C)c1)N(C)C. The van der Waals surface area contributed by atoms with Crippen molar-refractivity contribution in [1.82, 2.24) is 4.90 Å². The largest absolute Gasteiger partial charge is 0.386 e. The molecule has 0 saturated carbocycles. The lowest BCUT2D eigenvalue weighted by Crippen LogP contribution is -2.46. The second kappa shape index (κ2) is 5.19. The second-order valence-electron chi connectivity index (χ2n) is 5.43. The third-order valence-corrected chi connectivity index (χ3v) is 3.89. The van der Waals surface area contributed by atoms with Crippen LogP contribution in [0.1, 0.15) is 43.1 Å². The highest BCUT2D eigenvalue weighted by molar-refractivity contribution is 5.31. The Kier molecular flexibility index (Phi) is 4.34. The van der Waals surface area contributed by atoms with Gasteiger partial charge in [0.1, 0.15) is 0 Å². The number of nitrogens with zero attached hydrogens (tertiary/aromatic N) is 1. The van der Waals surface area contributed by atoms with Crippen molar-refractivity contribution in [2.75, 3.05) is 14.1 Å². The third-order valence-electron chi connectivity index (χ3n) is 3.89. The van der Waals surface area contributed by atoms with Crippen molar-refractivity contribution >= 4 is 0 Å². The van der Waals surface area contributed by atoms with Crippen molar-refractivity contribution in [3.8, 4) is 0 Å². The minimum absolute atomic E-state index is 0.222. The molecule has 2 nitrogen and oxygen atoms in total. The lowest BCUT2D eigenvalue weighted by atomic mass is 9.85. The number of hydrogen-bond acceptors (Lipinski definition) is 2. The Morgan fingerprint density at radius 2 is 1.65 bits per heavy atom. The molecule has 0 bridgehead atoms. The first-order valence-electron chi connectivity index (χ1n) is 6.25. The molecule has 0 saturated heterocycles. The van der Waals surface area contributed by atoms with E-state index in [2.05, 4.69) is 50.8 Å². The van der Waals surface area contributed by atoms with Crippen LogP contribution in [-0.4, -0.2) is 29.6 Å². The molecule has 0 fully saturated rings. The van der Waals surface area contributed by atoms with Crippen LogP contribution in [0.5, 0.6) is 0 Å². The summed E-state index contributed by atoms with van der Waals surface area (Å²) >= 11 is 0. The summed E-state index contributed by atoms with van der Waals surface area (Å²) < 4.78 is 0. The molecule has 0 aromatic heterocycles. The van der Waals surface area contributed by atoms with E-state index in [1.165, 1.54) is 11.1 Å². The maximum Gasteiger partial charge on any atom is 0.0970 e. The number of aliphatic hydroxyl groups is 1. The van der Waals surface area contributed by atoms with Crippen molar-refractivity contribution in [2.45, 2.75) is 45.8 Å². The fourth-order valence-electron chi connectivity index (χ4n) is 2.28. The average Bonchev–Trinajstić information content (AvgIpc) is 2.25. The highest BCUT2D eigenvalue weighted by atomic mass is 16.3. The summed E-state index contributed by atoms with van der Waals surface area (Å²) in [5, 5.41) is 10.6. The third kappa shape index (κ3) is 2.88. The lowest BCUT2D eigenvalue weighted by Gasteiger charge is -2.40. The molecule has 0 aliphatic heterocycles. The molecule has 0 heterocycles. The number of rotatable bonds is 4. The number of hydrogen-bond donors (Lipinski definition) is 1. The average molecular weight is 235 g/mol. The fraction of sp³-hybridized carbons (Fsp3) is 0.600. The molecule has 0 spiro atoms. The van der Waals surface area contributed by atoms with E-state index in [-0.39, 0.29) is 5.54 Å². The lowest BCUT2D eigenvalue weighted by molar-refractivity contribution is 0.000810. The van der Waals surface area contributed by atoms with E-state index in [0.717, 1.165) is 12.0 Å². The van der Waals surface area contributed by atoms with Gasteiger partial charge in [-0.05, 0) is 46.9 Å². The zero-order valence-electron chi connectivity index (χ0n) is 11.9. The van der Waals surface area contributed by atoms with E-state index in [9.17, 15) is 5.11 Å². The van der Waals surface area contributed by atoms with Crippen LogP contribution in [0.3, 0.4) is 0 Å². The molecule has 1 aromatic carbocycles. The smallest absolute Gasteiger partial charge is 0.0970 e. The van der Waals surface area contributed by atoms with Gasteiger partial charge in [0.05, 0.1) is 6.10 Å². The molecule has 2 heteroatoms. The molecule has 0 amide bonds. The van der Waals surface area contributed by atoms with Crippen molar-refractivity contribution in [3.05, 3.63) is 34.9 Å². The van der Waals surface area contributed by atoms with Gasteiger partial charge in [-0.3, -0.25) is 0 Å². The van der Waals surface area contributed by atoms with Gasteiger partial charge >= 0.3 is 0 Å². The molecule has 2 unspecified atom stereocenters. The van der Waals surface area contributed by atoms with Gasteiger partial charge in [0.2, 0.25) is 0 Å². The first kappa shape index (κ1) is 14.2. The fourth-order valence-corrected chi connectivity index (χ4v) is 2.28. The van der Waals surface area contributed by atoms with Gasteiger partial charge < -0.3 is 10.0 Å². The highest BCUT2D eigenvalue weighted by Gasteiger charge is 2.34. The second-order valence-corrected chi connectivity index (χ2v) is 5.43. The van der Waals surface area contributed by atoms with E-state index in [4.69, 9.17) is 0 Å². The van der Waals surface area contributed by atoms with Crippen molar-refractivity contribution < 1.29 is 5.11 Å². The molecule has 0 aliphatic rings. The van der Waals surface area contributed by atoms with Gasteiger partial charge in [-0.1, -0.05) is 36.2 Å². The van der Waals surface area contributed by atoms with Crippen LogP contribution < -0.4 is 0 Å². The molecule has 2 atom stereocenters. The van der Waals surface area contributed by atoms with Crippen LogP contribution in [0.2, 0.25) is 0 Å². The predicted molar refractivity (Wildman–Crippen MR) is 73.3 cm³/mol. The Labute approximate surface area is 105 Å². The number of likely N-dealkylation sites (N-methyl/N-ethyl adjacent to an activating group) is 1. The maximum absolute atomic E-state index is 10.6. The Morgan fingerprint density at radius 3 is 2.00 bits per heavy atom. The van der Waals surface area contributed by atoms with E-state index in [0.29, 0.717) is 0 Å². The Balaban J connectivity index is 3.14. The first-order valence-corrected chi connectivity index (χ1v) is 6.25. The quantitative estimate of drug-likeness (QED) is 0.867. The Hall–Kier alpha value is -0.860. The van der Waals surface area contributed by atoms with Crippen LogP contribution in [-0.2, 0) is 0 Å². The maximum atomic E-state index is 10.6. The normalized spacial score (nSPS) is 16.9. The number of aliphatic hydroxyl groups excluding tert-OH is 1. The molecule has 0 aliphatic carbocycles. The predicted octanol–water partition coefficient (Wildman–Crippen LogP) is 3.07. The monoisotopic (exact) mass is 235 g/mol. The number of benzene rings is 1. The minimum Gasteiger partial charge on any atom is -0.386 e. The van der Waals surface area contributed by atoms with Gasteiger partial charge in [0, 0.05) is 5.54 Å². The van der Waals surface area contributed by atoms with Gasteiger partial charge in [-0.2, -0.15) is 0 Å². The minimum atomic E-state index is -0.457. The molecule has 1 aromatic rings. The summed E-state index contributed by atoms with van der Waals surface area (Å²) in [6.07, 6.45) is 0.454. The van der Waals surface area contributed by atoms with E-state index < -0.39 is 6.10 Å². The molecule has 96 valence electrons. The van der Waals surface area contributed by atoms with Crippen LogP contribution >= 0.6 is 0 Å².